The number of amides is 1. The summed E-state index contributed by atoms with van der Waals surface area (Å²) >= 11 is 0. The van der Waals surface area contributed by atoms with Crippen molar-refractivity contribution in [3.63, 3.8) is 0 Å². The molecule has 3 heteroatoms. The first-order valence-electron chi connectivity index (χ1n) is 6.25. The maximum absolute atomic E-state index is 11.6. The van der Waals surface area contributed by atoms with E-state index >= 15 is 0 Å². The lowest BCUT2D eigenvalue weighted by Gasteiger charge is -2.30. The van der Waals surface area contributed by atoms with Crippen molar-refractivity contribution in [2.24, 2.45) is 11.7 Å². The van der Waals surface area contributed by atoms with Gasteiger partial charge in [-0.3, -0.25) is 4.79 Å². The number of hydrogen-bond donors (Lipinski definition) is 2. The first-order chi connectivity index (χ1) is 8.20. The van der Waals surface area contributed by atoms with Crippen molar-refractivity contribution in [3.8, 4) is 0 Å². The molecule has 1 aromatic rings. The number of benzene rings is 1. The molecule has 1 aromatic carbocycles. The molecular weight excluding hydrogens is 212 g/mol. The molecule has 3 nitrogen and oxygen atoms in total. The average molecular weight is 232 g/mol. The summed E-state index contributed by atoms with van der Waals surface area (Å²) in [6.45, 7) is 3.32. The van der Waals surface area contributed by atoms with Crippen molar-refractivity contribution in [1.29, 1.82) is 0 Å². The summed E-state index contributed by atoms with van der Waals surface area (Å²) in [5, 5.41) is 3.00. The van der Waals surface area contributed by atoms with E-state index in [-0.39, 0.29) is 11.8 Å². The highest BCUT2D eigenvalue weighted by Gasteiger charge is 2.25. The van der Waals surface area contributed by atoms with Gasteiger partial charge in [0.05, 0.1) is 0 Å². The molecule has 0 saturated carbocycles. The molecule has 1 aliphatic carbocycles. The molecule has 3 N–H and O–H groups in total. The molecule has 92 valence electrons. The molecular formula is C14H20N2O. The first-order valence-corrected chi connectivity index (χ1v) is 6.25. The Bertz CT molecular complexity index is 403. The number of carbonyl (C=O) groups is 1. The van der Waals surface area contributed by atoms with Gasteiger partial charge in [0, 0.05) is 18.9 Å². The van der Waals surface area contributed by atoms with Crippen molar-refractivity contribution >= 4 is 5.91 Å². The molecule has 0 heterocycles. The SMILES string of the molecule is CC(CN)CC(=O)NCC1Cc2ccccc21. The van der Waals surface area contributed by atoms with Gasteiger partial charge in [0.2, 0.25) is 5.91 Å². The fourth-order valence-electron chi connectivity index (χ4n) is 2.25. The average Bonchev–Trinajstić information content (AvgIpc) is 2.30. The number of rotatable bonds is 5. The van der Waals surface area contributed by atoms with Gasteiger partial charge in [-0.2, -0.15) is 0 Å². The van der Waals surface area contributed by atoms with E-state index in [1.165, 1.54) is 11.1 Å². The summed E-state index contributed by atoms with van der Waals surface area (Å²) in [7, 11) is 0. The molecule has 17 heavy (non-hydrogen) atoms. The monoisotopic (exact) mass is 232 g/mol. The fraction of sp³-hybridized carbons (Fsp3) is 0.500. The lowest BCUT2D eigenvalue weighted by molar-refractivity contribution is -0.121. The Labute approximate surface area is 102 Å². The van der Waals surface area contributed by atoms with Crippen LogP contribution in [0.5, 0.6) is 0 Å². The number of carbonyl (C=O) groups excluding carboxylic acids is 1. The lowest BCUT2D eigenvalue weighted by Crippen LogP contribution is -2.34. The highest BCUT2D eigenvalue weighted by Crippen LogP contribution is 2.33. The topological polar surface area (TPSA) is 55.1 Å². The Morgan fingerprint density at radius 2 is 2.29 bits per heavy atom. The highest BCUT2D eigenvalue weighted by molar-refractivity contribution is 5.76. The van der Waals surface area contributed by atoms with Gasteiger partial charge in [-0.1, -0.05) is 31.2 Å². The standard InChI is InChI=1S/C14H20N2O/c1-10(8-15)6-14(17)16-9-12-7-11-4-2-3-5-13(11)12/h2-5,10,12H,6-9,15H2,1H3,(H,16,17). The van der Waals surface area contributed by atoms with Gasteiger partial charge in [-0.05, 0) is 30.0 Å². The Morgan fingerprint density at radius 1 is 1.53 bits per heavy atom. The summed E-state index contributed by atoms with van der Waals surface area (Å²) in [5.74, 6) is 0.888. The van der Waals surface area contributed by atoms with E-state index < -0.39 is 0 Å². The van der Waals surface area contributed by atoms with Gasteiger partial charge >= 0.3 is 0 Å². The third-order valence-electron chi connectivity index (χ3n) is 3.44. The molecule has 2 atom stereocenters. The molecule has 2 unspecified atom stereocenters. The molecule has 2 rings (SSSR count). The minimum Gasteiger partial charge on any atom is -0.355 e. The van der Waals surface area contributed by atoms with Gasteiger partial charge < -0.3 is 11.1 Å². The van der Waals surface area contributed by atoms with Crippen molar-refractivity contribution in [1.82, 2.24) is 5.32 Å². The van der Waals surface area contributed by atoms with Crippen LogP contribution < -0.4 is 11.1 Å². The van der Waals surface area contributed by atoms with E-state index in [2.05, 4.69) is 29.6 Å². The van der Waals surface area contributed by atoms with Crippen LogP contribution >= 0.6 is 0 Å². The van der Waals surface area contributed by atoms with Gasteiger partial charge in [0.1, 0.15) is 0 Å². The predicted molar refractivity (Wildman–Crippen MR) is 68.7 cm³/mol. The van der Waals surface area contributed by atoms with Gasteiger partial charge in [-0.15, -0.1) is 0 Å². The molecule has 0 aromatic heterocycles. The second-order valence-electron chi connectivity index (χ2n) is 4.95. The summed E-state index contributed by atoms with van der Waals surface area (Å²) in [5.41, 5.74) is 8.30. The highest BCUT2D eigenvalue weighted by atomic mass is 16.1. The van der Waals surface area contributed by atoms with Crippen molar-refractivity contribution in [2.75, 3.05) is 13.1 Å². The maximum Gasteiger partial charge on any atom is 0.220 e. The van der Waals surface area contributed by atoms with Crippen molar-refractivity contribution in [3.05, 3.63) is 35.4 Å². The zero-order chi connectivity index (χ0) is 12.3. The van der Waals surface area contributed by atoms with Crippen LogP contribution in [0.2, 0.25) is 0 Å². The molecule has 0 fully saturated rings. The Morgan fingerprint density at radius 3 is 3.00 bits per heavy atom. The van der Waals surface area contributed by atoms with Crippen molar-refractivity contribution < 1.29 is 4.79 Å². The fourth-order valence-corrected chi connectivity index (χ4v) is 2.25. The predicted octanol–water partition coefficient (Wildman–Crippen LogP) is 1.43. The third kappa shape index (κ3) is 2.86. The number of fused-ring (bicyclic) bond motifs is 1. The van der Waals surface area contributed by atoms with E-state index in [1.54, 1.807) is 0 Å². The third-order valence-corrected chi connectivity index (χ3v) is 3.44. The number of hydrogen-bond acceptors (Lipinski definition) is 2. The van der Waals surface area contributed by atoms with E-state index in [0.717, 1.165) is 13.0 Å². The van der Waals surface area contributed by atoms with Crippen LogP contribution in [0.3, 0.4) is 0 Å². The van der Waals surface area contributed by atoms with Gasteiger partial charge in [-0.25, -0.2) is 0 Å². The molecule has 0 radical (unpaired) electrons. The van der Waals surface area contributed by atoms with Gasteiger partial charge in [0.25, 0.3) is 0 Å². The minimum atomic E-state index is 0.118. The van der Waals surface area contributed by atoms with E-state index in [4.69, 9.17) is 5.73 Å². The summed E-state index contributed by atoms with van der Waals surface area (Å²) < 4.78 is 0. The van der Waals surface area contributed by atoms with E-state index in [0.29, 0.717) is 18.9 Å². The summed E-state index contributed by atoms with van der Waals surface area (Å²) in [6.07, 6.45) is 1.62. The minimum absolute atomic E-state index is 0.118. The number of nitrogens with one attached hydrogen (secondary N) is 1. The smallest absolute Gasteiger partial charge is 0.220 e. The summed E-state index contributed by atoms with van der Waals surface area (Å²) in [4.78, 5) is 11.6. The van der Waals surface area contributed by atoms with Crippen LogP contribution in [0.15, 0.2) is 24.3 Å². The van der Waals surface area contributed by atoms with Crippen molar-refractivity contribution in [2.45, 2.75) is 25.7 Å². The van der Waals surface area contributed by atoms with Crippen LogP contribution in [-0.4, -0.2) is 19.0 Å². The Hall–Kier alpha value is -1.35. The quantitative estimate of drug-likeness (QED) is 0.807. The second-order valence-corrected chi connectivity index (χ2v) is 4.95. The Balaban J connectivity index is 1.76. The first kappa shape index (κ1) is 12.1. The van der Waals surface area contributed by atoms with E-state index in [1.807, 2.05) is 6.92 Å². The van der Waals surface area contributed by atoms with Crippen LogP contribution in [0.25, 0.3) is 0 Å². The maximum atomic E-state index is 11.6. The lowest BCUT2D eigenvalue weighted by atomic mass is 9.77. The summed E-state index contributed by atoms with van der Waals surface area (Å²) in [6, 6.07) is 8.43. The zero-order valence-electron chi connectivity index (χ0n) is 10.3. The molecule has 1 aliphatic rings. The molecule has 0 bridgehead atoms. The second kappa shape index (κ2) is 5.32. The van der Waals surface area contributed by atoms with Gasteiger partial charge in [0.15, 0.2) is 0 Å². The van der Waals surface area contributed by atoms with Crippen LogP contribution in [0.1, 0.15) is 30.4 Å². The van der Waals surface area contributed by atoms with Crippen LogP contribution in [-0.2, 0) is 11.2 Å². The Kier molecular flexibility index (Phi) is 3.79. The van der Waals surface area contributed by atoms with Crippen LogP contribution in [0, 0.1) is 5.92 Å². The molecule has 0 aliphatic heterocycles. The normalized spacial score (nSPS) is 19.1. The zero-order valence-corrected chi connectivity index (χ0v) is 10.3. The van der Waals surface area contributed by atoms with Crippen LogP contribution in [0.4, 0.5) is 0 Å². The van der Waals surface area contributed by atoms with E-state index in [9.17, 15) is 4.79 Å². The molecule has 0 saturated heterocycles. The molecule has 0 spiro atoms. The molecule has 1 amide bonds. The largest absolute Gasteiger partial charge is 0.355 e. The number of nitrogens with two attached hydrogens (primary N) is 1.